The van der Waals surface area contributed by atoms with Gasteiger partial charge in [-0.2, -0.15) is 0 Å². The van der Waals surface area contributed by atoms with E-state index in [0.717, 1.165) is 11.3 Å². The first-order chi connectivity index (χ1) is 8.76. The Hall–Kier alpha value is -1.81. The fraction of sp³-hybridized carbons (Fsp3) is 0.357. The maximum Gasteiger partial charge on any atom is 0.141 e. The smallest absolute Gasteiger partial charge is 0.141 e. The lowest BCUT2D eigenvalue weighted by Gasteiger charge is -2.01. The number of oxime groups is 1. The molecule has 4 nitrogen and oxygen atoms in total. The van der Waals surface area contributed by atoms with Crippen molar-refractivity contribution in [1.82, 2.24) is 5.32 Å². The Kier molecular flexibility index (Phi) is 9.31. The predicted octanol–water partition coefficient (Wildman–Crippen LogP) is 2.81. The number of rotatable bonds is 6. The summed E-state index contributed by atoms with van der Waals surface area (Å²) in [5.74, 6) is 1.39. The number of nitrogens with one attached hydrogen (secondary N) is 1. The normalized spacial score (nSPS) is 9.56. The van der Waals surface area contributed by atoms with Gasteiger partial charge in [-0.1, -0.05) is 25.6 Å². The first-order valence-electron chi connectivity index (χ1n) is 5.93. The molecule has 0 radical (unpaired) electrons. The molecule has 0 bridgehead atoms. The van der Waals surface area contributed by atoms with Crippen molar-refractivity contribution in [2.45, 2.75) is 13.8 Å². The fourth-order valence-electron chi connectivity index (χ4n) is 1.08. The van der Waals surface area contributed by atoms with Gasteiger partial charge in [0.25, 0.3) is 0 Å². The van der Waals surface area contributed by atoms with Crippen LogP contribution in [0.3, 0.4) is 0 Å². The molecular formula is C14H22N2O2. The summed E-state index contributed by atoms with van der Waals surface area (Å²) < 4.78 is 5.05. The summed E-state index contributed by atoms with van der Waals surface area (Å²) in [5.41, 5.74) is 0.943. The van der Waals surface area contributed by atoms with Gasteiger partial charge in [-0.3, -0.25) is 0 Å². The maximum absolute atomic E-state index is 5.05. The molecule has 0 aliphatic rings. The van der Waals surface area contributed by atoms with Crippen LogP contribution in [0.2, 0.25) is 0 Å². The van der Waals surface area contributed by atoms with Gasteiger partial charge < -0.3 is 14.9 Å². The van der Waals surface area contributed by atoms with Gasteiger partial charge in [-0.15, -0.1) is 0 Å². The first-order valence-corrected chi connectivity index (χ1v) is 5.93. The molecule has 0 aliphatic heterocycles. The Balaban J connectivity index is 0.00000137. The third-order valence-electron chi connectivity index (χ3n) is 1.87. The molecule has 0 atom stereocenters. The molecule has 0 aliphatic carbocycles. The van der Waals surface area contributed by atoms with Crippen molar-refractivity contribution < 1.29 is 9.57 Å². The van der Waals surface area contributed by atoms with Gasteiger partial charge in [-0.25, -0.2) is 0 Å². The van der Waals surface area contributed by atoms with Crippen LogP contribution in [0.5, 0.6) is 5.75 Å². The molecular weight excluding hydrogens is 228 g/mol. The number of methoxy groups -OCH3 is 1. The van der Waals surface area contributed by atoms with Crippen LogP contribution in [0.15, 0.2) is 41.8 Å². The molecule has 18 heavy (non-hydrogen) atoms. The molecule has 0 unspecified atom stereocenters. The maximum atomic E-state index is 5.05. The van der Waals surface area contributed by atoms with Crippen molar-refractivity contribution in [1.29, 1.82) is 0 Å². The van der Waals surface area contributed by atoms with E-state index in [2.05, 4.69) is 17.1 Å². The minimum absolute atomic E-state index is 0.576. The second kappa shape index (κ2) is 10.4. The Morgan fingerprint density at radius 1 is 1.33 bits per heavy atom. The summed E-state index contributed by atoms with van der Waals surface area (Å²) in [4.78, 5) is 5.02. The molecule has 1 rings (SSSR count). The van der Waals surface area contributed by atoms with Crippen LogP contribution < -0.4 is 10.1 Å². The van der Waals surface area contributed by atoms with E-state index in [0.29, 0.717) is 12.3 Å². The molecule has 1 aromatic carbocycles. The summed E-state index contributed by atoms with van der Waals surface area (Å²) >= 11 is 0. The Morgan fingerprint density at radius 2 is 1.94 bits per heavy atom. The lowest BCUT2D eigenvalue weighted by atomic mass is 10.2. The van der Waals surface area contributed by atoms with E-state index in [-0.39, 0.29) is 0 Å². The number of hydrogen-bond acceptors (Lipinski definition) is 4. The molecule has 0 fully saturated rings. The molecule has 4 heteroatoms. The zero-order valence-corrected chi connectivity index (χ0v) is 11.6. The van der Waals surface area contributed by atoms with Crippen LogP contribution in [0.25, 0.3) is 0 Å². The summed E-state index contributed by atoms with van der Waals surface area (Å²) in [5, 5.41) is 6.73. The molecule has 0 amide bonds. The van der Waals surface area contributed by atoms with Crippen LogP contribution in [-0.4, -0.2) is 26.9 Å². The number of nitrogens with zero attached hydrogens (tertiary/aromatic N) is 1. The van der Waals surface area contributed by atoms with E-state index in [4.69, 9.17) is 9.57 Å². The Bertz CT molecular complexity index is 359. The van der Waals surface area contributed by atoms with Crippen LogP contribution in [0, 0.1) is 0 Å². The quantitative estimate of drug-likeness (QED) is 0.479. The average molecular weight is 250 g/mol. The summed E-state index contributed by atoms with van der Waals surface area (Å²) in [6.07, 6.45) is 1.63. The van der Waals surface area contributed by atoms with E-state index in [1.54, 1.807) is 13.3 Å². The Labute approximate surface area is 109 Å². The SMILES string of the molecule is C=C(CNC)O/N=C/c1ccc(OC)cc1.CC. The van der Waals surface area contributed by atoms with Crippen molar-refractivity contribution >= 4 is 6.21 Å². The molecule has 0 saturated heterocycles. The molecule has 0 heterocycles. The van der Waals surface area contributed by atoms with Crippen molar-refractivity contribution in [3.05, 3.63) is 42.2 Å². The monoisotopic (exact) mass is 250 g/mol. The van der Waals surface area contributed by atoms with E-state index in [1.807, 2.05) is 45.2 Å². The number of likely N-dealkylation sites (N-methyl/N-ethyl adjacent to an activating group) is 1. The summed E-state index contributed by atoms with van der Waals surface area (Å²) in [6.45, 7) is 8.27. The van der Waals surface area contributed by atoms with Gasteiger partial charge in [0.1, 0.15) is 11.5 Å². The van der Waals surface area contributed by atoms with E-state index >= 15 is 0 Å². The first kappa shape index (κ1) is 16.2. The standard InChI is InChI=1S/C12H16N2O2.C2H6/c1-10(8-13-2)16-14-9-11-4-6-12(15-3)7-5-11;1-2/h4-7,9,13H,1,8H2,2-3H3;1-2H3/b14-9+;. The van der Waals surface area contributed by atoms with Crippen molar-refractivity contribution in [3.63, 3.8) is 0 Å². The van der Waals surface area contributed by atoms with Crippen LogP contribution >= 0.6 is 0 Å². The van der Waals surface area contributed by atoms with Crippen molar-refractivity contribution in [2.75, 3.05) is 20.7 Å². The molecule has 0 saturated carbocycles. The van der Waals surface area contributed by atoms with Gasteiger partial charge in [0.15, 0.2) is 0 Å². The third kappa shape index (κ3) is 6.70. The number of benzene rings is 1. The minimum Gasteiger partial charge on any atom is -0.497 e. The third-order valence-corrected chi connectivity index (χ3v) is 1.87. The zero-order chi connectivity index (χ0) is 13.8. The van der Waals surface area contributed by atoms with Crippen molar-refractivity contribution in [2.24, 2.45) is 5.16 Å². The van der Waals surface area contributed by atoms with E-state index in [1.165, 1.54) is 0 Å². The second-order valence-corrected chi connectivity index (χ2v) is 3.17. The number of ether oxygens (including phenoxy) is 1. The highest BCUT2D eigenvalue weighted by Crippen LogP contribution is 2.09. The van der Waals surface area contributed by atoms with Crippen LogP contribution in [0.4, 0.5) is 0 Å². The topological polar surface area (TPSA) is 42.8 Å². The van der Waals surface area contributed by atoms with E-state index in [9.17, 15) is 0 Å². The van der Waals surface area contributed by atoms with Gasteiger partial charge in [0.2, 0.25) is 0 Å². The number of hydrogen-bond donors (Lipinski definition) is 1. The fourth-order valence-corrected chi connectivity index (χ4v) is 1.08. The highest BCUT2D eigenvalue weighted by atomic mass is 16.6. The lowest BCUT2D eigenvalue weighted by molar-refractivity contribution is 0.224. The second-order valence-electron chi connectivity index (χ2n) is 3.17. The predicted molar refractivity (Wildman–Crippen MR) is 76.1 cm³/mol. The zero-order valence-electron chi connectivity index (χ0n) is 11.6. The van der Waals surface area contributed by atoms with Crippen LogP contribution in [0.1, 0.15) is 19.4 Å². The van der Waals surface area contributed by atoms with Gasteiger partial charge in [0, 0.05) is 0 Å². The van der Waals surface area contributed by atoms with E-state index < -0.39 is 0 Å². The minimum atomic E-state index is 0.576. The Morgan fingerprint density at radius 3 is 2.44 bits per heavy atom. The van der Waals surface area contributed by atoms with Crippen LogP contribution in [-0.2, 0) is 4.84 Å². The highest BCUT2D eigenvalue weighted by molar-refractivity contribution is 5.79. The summed E-state index contributed by atoms with van der Waals surface area (Å²) in [7, 11) is 3.45. The van der Waals surface area contributed by atoms with Crippen molar-refractivity contribution in [3.8, 4) is 5.75 Å². The molecule has 0 spiro atoms. The lowest BCUT2D eigenvalue weighted by Crippen LogP contribution is -2.10. The van der Waals surface area contributed by atoms with Gasteiger partial charge in [0.05, 0.1) is 19.9 Å². The highest BCUT2D eigenvalue weighted by Gasteiger charge is 1.92. The largest absolute Gasteiger partial charge is 0.497 e. The molecule has 100 valence electrons. The van der Waals surface area contributed by atoms with Gasteiger partial charge >= 0.3 is 0 Å². The average Bonchev–Trinajstić information content (AvgIpc) is 2.42. The molecule has 0 aromatic heterocycles. The molecule has 1 aromatic rings. The summed E-state index contributed by atoms with van der Waals surface area (Å²) in [6, 6.07) is 7.52. The van der Waals surface area contributed by atoms with Gasteiger partial charge in [-0.05, 0) is 36.9 Å². The molecule has 1 N–H and O–H groups in total.